The molecule has 0 amide bonds. The van der Waals surface area contributed by atoms with Gasteiger partial charge in [-0.25, -0.2) is 8.42 Å². The van der Waals surface area contributed by atoms with Gasteiger partial charge >= 0.3 is 29.6 Å². The molecule has 0 N–H and O–H groups in total. The minimum absolute atomic E-state index is 0. The molecule has 7 heteroatoms. The van der Waals surface area contributed by atoms with Gasteiger partial charge in [-0.2, -0.15) is 0 Å². The quantitative estimate of drug-likeness (QED) is 0.369. The first-order chi connectivity index (χ1) is 7.53. The molecule has 0 atom stereocenters. The normalized spacial score (nSPS) is 10.7. The Labute approximate surface area is 128 Å². The Morgan fingerprint density at radius 3 is 2.35 bits per heavy atom. The largest absolute Gasteiger partial charge is 1.00 e. The number of benzene rings is 1. The zero-order chi connectivity index (χ0) is 12.0. The molecule has 0 fully saturated rings. The van der Waals surface area contributed by atoms with E-state index in [0.717, 1.165) is 12.2 Å². The van der Waals surface area contributed by atoms with Gasteiger partial charge in [-0.3, -0.25) is 0 Å². The average Bonchev–Trinajstić information content (AvgIpc) is 2.24. The van der Waals surface area contributed by atoms with Gasteiger partial charge in [0.05, 0.1) is 0 Å². The second-order valence-electron chi connectivity index (χ2n) is 3.15. The van der Waals surface area contributed by atoms with E-state index in [4.69, 9.17) is 0 Å². The molecule has 0 aliphatic rings. The van der Waals surface area contributed by atoms with E-state index in [1.54, 1.807) is 0 Å². The van der Waals surface area contributed by atoms with Crippen molar-refractivity contribution >= 4 is 25.6 Å². The molecule has 0 saturated heterocycles. The summed E-state index contributed by atoms with van der Waals surface area (Å²) in [5.41, 5.74) is 1.04. The van der Waals surface area contributed by atoms with Gasteiger partial charge in [-0.05, 0) is 29.9 Å². The van der Waals surface area contributed by atoms with E-state index in [-0.39, 0.29) is 35.3 Å². The van der Waals surface area contributed by atoms with Gasteiger partial charge in [0, 0.05) is 24.5 Å². The van der Waals surface area contributed by atoms with Crippen molar-refractivity contribution in [3.8, 4) is 0 Å². The van der Waals surface area contributed by atoms with Gasteiger partial charge in [0.25, 0.3) is 0 Å². The summed E-state index contributed by atoms with van der Waals surface area (Å²) >= 11 is 0. The Morgan fingerprint density at radius 2 is 1.88 bits per heavy atom. The number of hydrogen-bond acceptors (Lipinski definition) is 5. The van der Waals surface area contributed by atoms with E-state index in [0.29, 0.717) is 17.3 Å². The smallest absolute Gasteiger partial charge is 0.739 e. The third-order valence-electron chi connectivity index (χ3n) is 2.09. The van der Waals surface area contributed by atoms with Crippen LogP contribution in [0.15, 0.2) is 30.3 Å². The maximum absolute atomic E-state index is 10.4. The Bertz CT molecular complexity index is 411. The molecule has 0 heterocycles. The second kappa shape index (κ2) is 8.39. The fourth-order valence-corrected chi connectivity index (χ4v) is 2.69. The van der Waals surface area contributed by atoms with E-state index in [1.807, 2.05) is 42.2 Å². The number of rotatable bonds is 6. The van der Waals surface area contributed by atoms with Crippen LogP contribution in [0, 0.1) is 0 Å². The summed E-state index contributed by atoms with van der Waals surface area (Å²) < 4.78 is 31.3. The SMILES string of the molecule is CCN(CCSS(=O)(=O)[O-])c1ccccc1.[Na+]. The molecular formula is C10H14NNaO3S2. The van der Waals surface area contributed by atoms with Crippen molar-refractivity contribution < 1.29 is 42.5 Å². The van der Waals surface area contributed by atoms with Gasteiger partial charge in [-0.15, -0.1) is 0 Å². The first kappa shape index (κ1) is 17.3. The van der Waals surface area contributed by atoms with Crippen LogP contribution in [0.2, 0.25) is 0 Å². The fourth-order valence-electron chi connectivity index (χ4n) is 1.36. The summed E-state index contributed by atoms with van der Waals surface area (Å²) in [5.74, 6) is 0.286. The van der Waals surface area contributed by atoms with Crippen LogP contribution in [0.4, 0.5) is 5.69 Å². The van der Waals surface area contributed by atoms with E-state index in [1.165, 1.54) is 0 Å². The maximum Gasteiger partial charge on any atom is 1.00 e. The van der Waals surface area contributed by atoms with Crippen molar-refractivity contribution in [2.75, 3.05) is 23.7 Å². The zero-order valence-corrected chi connectivity index (χ0v) is 13.6. The van der Waals surface area contributed by atoms with Crippen LogP contribution in [0.25, 0.3) is 0 Å². The predicted molar refractivity (Wildman–Crippen MR) is 66.5 cm³/mol. The van der Waals surface area contributed by atoms with E-state index >= 15 is 0 Å². The molecular weight excluding hydrogens is 269 g/mol. The van der Waals surface area contributed by atoms with Crippen molar-refractivity contribution in [1.82, 2.24) is 0 Å². The topological polar surface area (TPSA) is 60.4 Å². The molecule has 1 aromatic rings. The molecule has 0 aliphatic carbocycles. The van der Waals surface area contributed by atoms with Crippen LogP contribution in [-0.2, 0) is 9.15 Å². The summed E-state index contributed by atoms with van der Waals surface area (Å²) in [6.07, 6.45) is 0. The van der Waals surface area contributed by atoms with Gasteiger partial charge in [0.1, 0.15) is 9.15 Å². The Kier molecular flexibility index (Phi) is 8.53. The van der Waals surface area contributed by atoms with Gasteiger partial charge in [-0.1, -0.05) is 18.2 Å². The van der Waals surface area contributed by atoms with Crippen molar-refractivity contribution in [2.45, 2.75) is 6.92 Å². The standard InChI is InChI=1S/C10H15NO3S2.Na/c1-2-11(8-9-15-16(12,13)14)10-6-4-3-5-7-10;/h3-7H,2,8-9H2,1H3,(H,12,13,14);/q;+1/p-1. The summed E-state index contributed by atoms with van der Waals surface area (Å²) in [7, 11) is -3.72. The first-order valence-electron chi connectivity index (χ1n) is 4.93. The maximum atomic E-state index is 10.4. The average molecular weight is 283 g/mol. The van der Waals surface area contributed by atoms with Crippen LogP contribution in [0.3, 0.4) is 0 Å². The molecule has 0 unspecified atom stereocenters. The summed E-state index contributed by atoms with van der Waals surface area (Å²) in [6.45, 7) is 3.32. The minimum Gasteiger partial charge on any atom is -0.739 e. The first-order valence-corrected chi connectivity index (χ1v) is 7.84. The molecule has 0 aromatic heterocycles. The third-order valence-corrected chi connectivity index (χ3v) is 4.10. The van der Waals surface area contributed by atoms with Crippen molar-refractivity contribution in [2.24, 2.45) is 0 Å². The van der Waals surface area contributed by atoms with Crippen LogP contribution in [0.5, 0.6) is 0 Å². The van der Waals surface area contributed by atoms with Gasteiger partial charge in [0.15, 0.2) is 0 Å². The second-order valence-corrected chi connectivity index (χ2v) is 6.54. The molecule has 1 rings (SSSR count). The third kappa shape index (κ3) is 7.33. The minimum atomic E-state index is -4.17. The molecule has 0 spiro atoms. The molecule has 0 radical (unpaired) electrons. The Balaban J connectivity index is 0.00000256. The summed E-state index contributed by atoms with van der Waals surface area (Å²) in [5, 5.41) is 0. The van der Waals surface area contributed by atoms with Crippen LogP contribution in [0.1, 0.15) is 6.92 Å². The fraction of sp³-hybridized carbons (Fsp3) is 0.400. The number of hydrogen-bond donors (Lipinski definition) is 0. The molecule has 0 aliphatic heterocycles. The molecule has 4 nitrogen and oxygen atoms in total. The molecule has 1 aromatic carbocycles. The van der Waals surface area contributed by atoms with Crippen molar-refractivity contribution in [1.29, 1.82) is 0 Å². The summed E-state index contributed by atoms with van der Waals surface area (Å²) in [6, 6.07) is 9.69. The number of para-hydroxylation sites is 1. The van der Waals surface area contributed by atoms with Crippen LogP contribution < -0.4 is 34.5 Å². The molecule has 90 valence electrons. The Morgan fingerprint density at radius 1 is 1.29 bits per heavy atom. The van der Waals surface area contributed by atoms with E-state index in [9.17, 15) is 13.0 Å². The monoisotopic (exact) mass is 283 g/mol. The van der Waals surface area contributed by atoms with Crippen LogP contribution >= 0.6 is 10.8 Å². The van der Waals surface area contributed by atoms with Crippen LogP contribution in [-0.4, -0.2) is 31.8 Å². The van der Waals surface area contributed by atoms with E-state index < -0.39 is 9.15 Å². The molecule has 0 bridgehead atoms. The molecule has 17 heavy (non-hydrogen) atoms. The van der Waals surface area contributed by atoms with Crippen molar-refractivity contribution in [3.05, 3.63) is 30.3 Å². The Hall–Kier alpha value is 0.280. The van der Waals surface area contributed by atoms with Crippen molar-refractivity contribution in [3.63, 3.8) is 0 Å². The number of anilines is 1. The molecule has 0 saturated carbocycles. The van der Waals surface area contributed by atoms with Gasteiger partial charge in [0.2, 0.25) is 0 Å². The van der Waals surface area contributed by atoms with Gasteiger partial charge < -0.3 is 9.45 Å². The number of nitrogens with zero attached hydrogens (tertiary/aromatic N) is 1. The predicted octanol–water partition coefficient (Wildman–Crippen LogP) is -1.29. The van der Waals surface area contributed by atoms with E-state index in [2.05, 4.69) is 0 Å². The summed E-state index contributed by atoms with van der Waals surface area (Å²) in [4.78, 5) is 2.03. The zero-order valence-electron chi connectivity index (χ0n) is 10.00.